The maximum Gasteiger partial charge on any atom is 0.177 e. The second-order valence-electron chi connectivity index (χ2n) is 5.18. The minimum Gasteiger partial charge on any atom is -0.331 e. The highest BCUT2D eigenvalue weighted by molar-refractivity contribution is 9.10. The summed E-state index contributed by atoms with van der Waals surface area (Å²) in [5.74, 6) is 0. The van der Waals surface area contributed by atoms with Gasteiger partial charge in [0.05, 0.1) is 5.69 Å². The molecule has 1 heterocycles. The summed E-state index contributed by atoms with van der Waals surface area (Å²) in [4.78, 5) is 3.34. The minimum absolute atomic E-state index is 0.585. The third-order valence-corrected chi connectivity index (χ3v) is 4.71. The zero-order chi connectivity index (χ0) is 13.2. The van der Waals surface area contributed by atoms with Crippen molar-refractivity contribution in [1.29, 1.82) is 0 Å². The topological polar surface area (TPSA) is 20.7 Å². The molecule has 4 heteroatoms. The highest BCUT2D eigenvalue weighted by Crippen LogP contribution is 2.30. The van der Waals surface area contributed by atoms with Crippen molar-refractivity contribution in [3.05, 3.63) is 39.7 Å². The van der Waals surface area contributed by atoms with Gasteiger partial charge in [-0.3, -0.25) is 0 Å². The summed E-state index contributed by atoms with van der Waals surface area (Å²) in [5, 5.41) is 0. The number of imidazole rings is 1. The van der Waals surface area contributed by atoms with E-state index in [1.165, 1.54) is 37.7 Å². The number of rotatable bonds is 2. The summed E-state index contributed by atoms with van der Waals surface area (Å²) >= 11 is 8.94. The fourth-order valence-corrected chi connectivity index (χ4v) is 3.39. The zero-order valence-electron chi connectivity index (χ0n) is 10.7. The van der Waals surface area contributed by atoms with Gasteiger partial charge in [-0.05, 0) is 42.8 Å². The molecule has 19 heavy (non-hydrogen) atoms. The van der Waals surface area contributed by atoms with E-state index in [1.54, 1.807) is 0 Å². The molecule has 1 saturated carbocycles. The zero-order valence-corrected chi connectivity index (χ0v) is 13.1. The van der Waals surface area contributed by atoms with E-state index in [0.717, 1.165) is 14.9 Å². The molecule has 0 atom stereocenters. The van der Waals surface area contributed by atoms with Gasteiger partial charge in [-0.2, -0.15) is 0 Å². The highest BCUT2D eigenvalue weighted by atomic mass is 79.9. The van der Waals surface area contributed by atoms with Gasteiger partial charge in [-0.25, -0.2) is 0 Å². The number of aromatic nitrogens is 2. The fourth-order valence-electron chi connectivity index (χ4n) is 2.82. The van der Waals surface area contributed by atoms with Crippen molar-refractivity contribution in [1.82, 2.24) is 9.55 Å². The standard InChI is InChI=1S/C15H17BrN2S/c16-12-8-6-11(7-9-12)14-10-18(15(19)17-14)13-4-2-1-3-5-13/h6-10,13H,1-5H2,(H,17,19). The second-order valence-corrected chi connectivity index (χ2v) is 6.48. The molecule has 0 aliphatic heterocycles. The monoisotopic (exact) mass is 336 g/mol. The van der Waals surface area contributed by atoms with E-state index in [0.29, 0.717) is 6.04 Å². The van der Waals surface area contributed by atoms with Crippen LogP contribution in [0.1, 0.15) is 38.1 Å². The summed E-state index contributed by atoms with van der Waals surface area (Å²) in [6, 6.07) is 8.92. The number of nitrogens with zero attached hydrogens (tertiary/aromatic N) is 1. The smallest absolute Gasteiger partial charge is 0.177 e. The van der Waals surface area contributed by atoms with E-state index < -0.39 is 0 Å². The van der Waals surface area contributed by atoms with Crippen LogP contribution in [0.15, 0.2) is 34.9 Å². The molecule has 0 unspecified atom stereocenters. The van der Waals surface area contributed by atoms with Gasteiger partial charge in [0.15, 0.2) is 4.77 Å². The molecule has 100 valence electrons. The Bertz CT molecular complexity index is 606. The molecule has 1 N–H and O–H groups in total. The number of nitrogens with one attached hydrogen (secondary N) is 1. The van der Waals surface area contributed by atoms with Gasteiger partial charge in [0.1, 0.15) is 0 Å². The van der Waals surface area contributed by atoms with Crippen LogP contribution >= 0.6 is 28.1 Å². The van der Waals surface area contributed by atoms with Gasteiger partial charge >= 0.3 is 0 Å². The molecular weight excluding hydrogens is 320 g/mol. The largest absolute Gasteiger partial charge is 0.331 e. The normalized spacial score (nSPS) is 16.7. The first kappa shape index (κ1) is 13.1. The molecule has 1 fully saturated rings. The van der Waals surface area contributed by atoms with Gasteiger partial charge in [-0.1, -0.05) is 47.3 Å². The van der Waals surface area contributed by atoms with Crippen molar-refractivity contribution in [3.63, 3.8) is 0 Å². The van der Waals surface area contributed by atoms with Crippen molar-refractivity contribution < 1.29 is 0 Å². The molecule has 0 spiro atoms. The first-order valence-electron chi connectivity index (χ1n) is 6.81. The predicted molar refractivity (Wildman–Crippen MR) is 84.9 cm³/mol. The summed E-state index contributed by atoms with van der Waals surface area (Å²) in [7, 11) is 0. The van der Waals surface area contributed by atoms with Gasteiger partial charge in [0, 0.05) is 16.7 Å². The van der Waals surface area contributed by atoms with Crippen molar-refractivity contribution in [3.8, 4) is 11.3 Å². The number of halogens is 1. The third kappa shape index (κ3) is 2.84. The lowest BCUT2D eigenvalue weighted by atomic mass is 9.95. The van der Waals surface area contributed by atoms with Crippen molar-refractivity contribution in [2.75, 3.05) is 0 Å². The van der Waals surface area contributed by atoms with Gasteiger partial charge in [-0.15, -0.1) is 0 Å². The molecule has 1 aliphatic carbocycles. The molecule has 0 bridgehead atoms. The molecule has 1 aromatic carbocycles. The highest BCUT2D eigenvalue weighted by Gasteiger charge is 2.16. The van der Waals surface area contributed by atoms with Crippen LogP contribution in [-0.2, 0) is 0 Å². The average molecular weight is 337 g/mol. The third-order valence-electron chi connectivity index (χ3n) is 3.87. The van der Waals surface area contributed by atoms with Crippen molar-refractivity contribution in [2.45, 2.75) is 38.1 Å². The molecule has 2 nitrogen and oxygen atoms in total. The summed E-state index contributed by atoms with van der Waals surface area (Å²) in [5.41, 5.74) is 2.30. The Morgan fingerprint density at radius 2 is 1.79 bits per heavy atom. The quantitative estimate of drug-likeness (QED) is 0.720. The Labute approximate surface area is 127 Å². The van der Waals surface area contributed by atoms with Gasteiger partial charge in [0.25, 0.3) is 0 Å². The Balaban J connectivity index is 1.92. The van der Waals surface area contributed by atoms with E-state index >= 15 is 0 Å². The lowest BCUT2D eigenvalue weighted by Crippen LogP contribution is -2.11. The molecule has 0 radical (unpaired) electrons. The van der Waals surface area contributed by atoms with Gasteiger partial charge < -0.3 is 9.55 Å². The van der Waals surface area contributed by atoms with E-state index in [4.69, 9.17) is 12.2 Å². The van der Waals surface area contributed by atoms with Crippen LogP contribution in [0.4, 0.5) is 0 Å². The van der Waals surface area contributed by atoms with E-state index in [9.17, 15) is 0 Å². The van der Waals surface area contributed by atoms with E-state index in [-0.39, 0.29) is 0 Å². The van der Waals surface area contributed by atoms with Crippen LogP contribution in [-0.4, -0.2) is 9.55 Å². The first-order valence-corrected chi connectivity index (χ1v) is 8.01. The molecule has 0 saturated heterocycles. The van der Waals surface area contributed by atoms with Crippen molar-refractivity contribution >= 4 is 28.1 Å². The minimum atomic E-state index is 0.585. The maximum atomic E-state index is 5.48. The van der Waals surface area contributed by atoms with Crippen LogP contribution in [0.5, 0.6) is 0 Å². The molecule has 3 rings (SSSR count). The van der Waals surface area contributed by atoms with Crippen molar-refractivity contribution in [2.24, 2.45) is 0 Å². The number of hydrogen-bond acceptors (Lipinski definition) is 1. The second kappa shape index (κ2) is 5.63. The Morgan fingerprint density at radius 1 is 1.11 bits per heavy atom. The average Bonchev–Trinajstić information content (AvgIpc) is 2.83. The van der Waals surface area contributed by atoms with E-state index in [2.05, 4.69) is 55.9 Å². The lowest BCUT2D eigenvalue weighted by molar-refractivity contribution is 0.350. The number of benzene rings is 1. The summed E-state index contributed by atoms with van der Waals surface area (Å²) in [6.45, 7) is 0. The number of H-pyrrole nitrogens is 1. The van der Waals surface area contributed by atoms with Crippen LogP contribution in [0.2, 0.25) is 0 Å². The summed E-state index contributed by atoms with van der Waals surface area (Å²) in [6.07, 6.45) is 8.71. The number of aromatic amines is 1. The lowest BCUT2D eigenvalue weighted by Gasteiger charge is -2.22. The molecule has 1 aromatic heterocycles. The Kier molecular flexibility index (Phi) is 3.89. The fraction of sp³-hybridized carbons (Fsp3) is 0.400. The Morgan fingerprint density at radius 3 is 2.47 bits per heavy atom. The Hall–Kier alpha value is -0.870. The molecule has 1 aliphatic rings. The van der Waals surface area contributed by atoms with Crippen LogP contribution in [0, 0.1) is 4.77 Å². The van der Waals surface area contributed by atoms with Gasteiger partial charge in [0.2, 0.25) is 0 Å². The molecule has 2 aromatic rings. The van der Waals surface area contributed by atoms with Crippen LogP contribution in [0.3, 0.4) is 0 Å². The molecular formula is C15H17BrN2S. The molecule has 0 amide bonds. The van der Waals surface area contributed by atoms with Crippen LogP contribution < -0.4 is 0 Å². The van der Waals surface area contributed by atoms with E-state index in [1.807, 2.05) is 0 Å². The van der Waals surface area contributed by atoms with Crippen LogP contribution in [0.25, 0.3) is 11.3 Å². The first-order chi connectivity index (χ1) is 9.24. The maximum absolute atomic E-state index is 5.48. The number of hydrogen-bond donors (Lipinski definition) is 1. The predicted octanol–water partition coefficient (Wildman–Crippen LogP) is 5.48. The SMILES string of the molecule is S=c1[nH]c(-c2ccc(Br)cc2)cn1C1CCCCC1. The summed E-state index contributed by atoms with van der Waals surface area (Å²) < 4.78 is 4.21.